The molecule has 2 heteroatoms. The summed E-state index contributed by atoms with van der Waals surface area (Å²) in [5.74, 6) is 1.85. The highest BCUT2D eigenvalue weighted by molar-refractivity contribution is 5.23. The summed E-state index contributed by atoms with van der Waals surface area (Å²) >= 11 is 0. The summed E-state index contributed by atoms with van der Waals surface area (Å²) in [6.45, 7) is 1.08. The third-order valence-corrected chi connectivity index (χ3v) is 2.92. The maximum absolute atomic E-state index is 4.34. The molecule has 0 saturated heterocycles. The molecule has 0 fully saturated rings. The first-order valence-electron chi connectivity index (χ1n) is 4.98. The van der Waals surface area contributed by atoms with Crippen LogP contribution in [0.5, 0.6) is 0 Å². The molecule has 0 N–H and O–H groups in total. The van der Waals surface area contributed by atoms with Crippen LogP contribution in [0, 0.1) is 0 Å². The zero-order valence-corrected chi connectivity index (χ0v) is 7.93. The second-order valence-electron chi connectivity index (χ2n) is 3.81. The van der Waals surface area contributed by atoms with Gasteiger partial charge in [0.1, 0.15) is 5.82 Å². The molecule has 0 spiro atoms. The van der Waals surface area contributed by atoms with Crippen molar-refractivity contribution in [2.75, 3.05) is 0 Å². The zero-order valence-electron chi connectivity index (χ0n) is 7.93. The van der Waals surface area contributed by atoms with E-state index in [1.807, 2.05) is 6.20 Å². The Kier molecular flexibility index (Phi) is 1.66. The van der Waals surface area contributed by atoms with Gasteiger partial charge in [-0.1, -0.05) is 30.3 Å². The lowest BCUT2D eigenvalue weighted by atomic mass is 9.98. The van der Waals surface area contributed by atoms with Gasteiger partial charge in [-0.2, -0.15) is 0 Å². The quantitative estimate of drug-likeness (QED) is 0.664. The summed E-state index contributed by atoms with van der Waals surface area (Å²) in [7, 11) is 0. The predicted molar refractivity (Wildman–Crippen MR) is 55.1 cm³/mol. The lowest BCUT2D eigenvalue weighted by Crippen LogP contribution is -1.99. The Bertz CT molecular complexity index is 410. The lowest BCUT2D eigenvalue weighted by molar-refractivity contribution is 0.652. The maximum atomic E-state index is 4.34. The van der Waals surface area contributed by atoms with Crippen molar-refractivity contribution in [2.24, 2.45) is 0 Å². The Balaban J connectivity index is 1.89. The molecule has 2 nitrogen and oxygen atoms in total. The van der Waals surface area contributed by atoms with E-state index in [1.165, 1.54) is 11.4 Å². The Morgan fingerprint density at radius 1 is 1.21 bits per heavy atom. The molecule has 1 aromatic heterocycles. The molecular formula is C12H12N2. The van der Waals surface area contributed by atoms with Crippen LogP contribution in [-0.2, 0) is 13.0 Å². The smallest absolute Gasteiger partial charge is 0.109 e. The van der Waals surface area contributed by atoms with E-state index in [0.29, 0.717) is 5.92 Å². The van der Waals surface area contributed by atoms with Crippen molar-refractivity contribution in [3.05, 3.63) is 54.1 Å². The molecule has 1 aliphatic heterocycles. The van der Waals surface area contributed by atoms with Crippen molar-refractivity contribution in [3.8, 4) is 0 Å². The van der Waals surface area contributed by atoms with E-state index in [4.69, 9.17) is 0 Å². The van der Waals surface area contributed by atoms with Crippen molar-refractivity contribution in [1.29, 1.82) is 0 Å². The molecule has 1 atom stereocenters. The summed E-state index contributed by atoms with van der Waals surface area (Å²) in [5, 5.41) is 0. The molecule has 1 aliphatic rings. The van der Waals surface area contributed by atoms with E-state index in [1.54, 1.807) is 0 Å². The SMILES string of the molecule is c1ccc(C2Cc3nccn3C2)cc1. The summed E-state index contributed by atoms with van der Waals surface area (Å²) < 4.78 is 2.25. The minimum Gasteiger partial charge on any atom is -0.334 e. The van der Waals surface area contributed by atoms with Crippen LogP contribution in [0.1, 0.15) is 17.3 Å². The van der Waals surface area contributed by atoms with Gasteiger partial charge < -0.3 is 4.57 Å². The molecule has 0 radical (unpaired) electrons. The van der Waals surface area contributed by atoms with Crippen molar-refractivity contribution in [3.63, 3.8) is 0 Å². The molecule has 0 bridgehead atoms. The molecular weight excluding hydrogens is 172 g/mol. The number of aromatic nitrogens is 2. The van der Waals surface area contributed by atoms with Gasteiger partial charge in [-0.25, -0.2) is 4.98 Å². The molecule has 2 heterocycles. The average molecular weight is 184 g/mol. The Morgan fingerprint density at radius 2 is 2.07 bits per heavy atom. The molecule has 3 rings (SSSR count). The van der Waals surface area contributed by atoms with Crippen LogP contribution < -0.4 is 0 Å². The van der Waals surface area contributed by atoms with Gasteiger partial charge in [0, 0.05) is 31.3 Å². The fourth-order valence-corrected chi connectivity index (χ4v) is 2.17. The van der Waals surface area contributed by atoms with Crippen molar-refractivity contribution in [1.82, 2.24) is 9.55 Å². The second kappa shape index (κ2) is 2.98. The third kappa shape index (κ3) is 1.15. The van der Waals surface area contributed by atoms with Gasteiger partial charge in [-0.15, -0.1) is 0 Å². The summed E-state index contributed by atoms with van der Waals surface area (Å²) in [5.41, 5.74) is 1.43. The fraction of sp³-hybridized carbons (Fsp3) is 0.250. The fourth-order valence-electron chi connectivity index (χ4n) is 2.17. The van der Waals surface area contributed by atoms with Gasteiger partial charge in [-0.3, -0.25) is 0 Å². The zero-order chi connectivity index (χ0) is 9.38. The normalized spacial score (nSPS) is 19.6. The van der Waals surface area contributed by atoms with Gasteiger partial charge in [0.2, 0.25) is 0 Å². The predicted octanol–water partition coefficient (Wildman–Crippen LogP) is 2.22. The van der Waals surface area contributed by atoms with Crippen LogP contribution in [0.25, 0.3) is 0 Å². The summed E-state index contributed by atoms with van der Waals surface area (Å²) in [4.78, 5) is 4.34. The third-order valence-electron chi connectivity index (χ3n) is 2.92. The molecule has 70 valence electrons. The van der Waals surface area contributed by atoms with Crippen molar-refractivity contribution in [2.45, 2.75) is 18.9 Å². The Morgan fingerprint density at radius 3 is 2.86 bits per heavy atom. The van der Waals surface area contributed by atoms with E-state index in [2.05, 4.69) is 46.1 Å². The van der Waals surface area contributed by atoms with Crippen LogP contribution >= 0.6 is 0 Å². The van der Waals surface area contributed by atoms with Gasteiger partial charge >= 0.3 is 0 Å². The highest BCUT2D eigenvalue weighted by Gasteiger charge is 2.22. The largest absolute Gasteiger partial charge is 0.334 e. The van der Waals surface area contributed by atoms with E-state index in [9.17, 15) is 0 Å². The Labute approximate surface area is 83.2 Å². The Hall–Kier alpha value is -1.57. The molecule has 0 amide bonds. The van der Waals surface area contributed by atoms with Gasteiger partial charge in [0.05, 0.1) is 0 Å². The second-order valence-corrected chi connectivity index (χ2v) is 3.81. The number of fused-ring (bicyclic) bond motifs is 1. The molecule has 0 saturated carbocycles. The number of hydrogen-bond donors (Lipinski definition) is 0. The summed E-state index contributed by atoms with van der Waals surface area (Å²) in [6.07, 6.45) is 5.03. The maximum Gasteiger partial charge on any atom is 0.109 e. The number of nitrogens with zero attached hydrogens (tertiary/aromatic N) is 2. The van der Waals surface area contributed by atoms with E-state index in [-0.39, 0.29) is 0 Å². The standard InChI is InChI=1S/C12H12N2/c1-2-4-10(5-3-1)11-8-12-13-6-7-14(12)9-11/h1-7,11H,8-9H2. The first-order valence-corrected chi connectivity index (χ1v) is 4.98. The van der Waals surface area contributed by atoms with E-state index in [0.717, 1.165) is 13.0 Å². The first kappa shape index (κ1) is 7.80. The molecule has 14 heavy (non-hydrogen) atoms. The average Bonchev–Trinajstić information content (AvgIpc) is 2.78. The van der Waals surface area contributed by atoms with Gasteiger partial charge in [-0.05, 0) is 5.56 Å². The molecule has 0 aliphatic carbocycles. The van der Waals surface area contributed by atoms with Crippen molar-refractivity contribution < 1.29 is 0 Å². The monoisotopic (exact) mass is 184 g/mol. The molecule has 2 aromatic rings. The summed E-state index contributed by atoms with van der Waals surface area (Å²) in [6, 6.07) is 10.7. The number of rotatable bonds is 1. The van der Waals surface area contributed by atoms with Crippen LogP contribution in [0.2, 0.25) is 0 Å². The van der Waals surface area contributed by atoms with E-state index >= 15 is 0 Å². The lowest BCUT2D eigenvalue weighted by Gasteiger charge is -2.07. The van der Waals surface area contributed by atoms with Crippen LogP contribution in [0.4, 0.5) is 0 Å². The van der Waals surface area contributed by atoms with Crippen molar-refractivity contribution >= 4 is 0 Å². The number of benzene rings is 1. The van der Waals surface area contributed by atoms with E-state index < -0.39 is 0 Å². The highest BCUT2D eigenvalue weighted by atomic mass is 15.1. The first-order chi connectivity index (χ1) is 6.93. The minimum absolute atomic E-state index is 0.625. The van der Waals surface area contributed by atoms with Crippen LogP contribution in [-0.4, -0.2) is 9.55 Å². The molecule has 1 unspecified atom stereocenters. The van der Waals surface area contributed by atoms with Crippen LogP contribution in [0.3, 0.4) is 0 Å². The topological polar surface area (TPSA) is 17.8 Å². The highest BCUT2D eigenvalue weighted by Crippen LogP contribution is 2.27. The van der Waals surface area contributed by atoms with Gasteiger partial charge in [0.25, 0.3) is 0 Å². The molecule has 1 aromatic carbocycles. The van der Waals surface area contributed by atoms with Crippen LogP contribution in [0.15, 0.2) is 42.7 Å². The minimum atomic E-state index is 0.625. The van der Waals surface area contributed by atoms with Gasteiger partial charge in [0.15, 0.2) is 0 Å². The number of hydrogen-bond acceptors (Lipinski definition) is 1. The number of imidazole rings is 1.